The van der Waals surface area contributed by atoms with Crippen molar-refractivity contribution in [3.63, 3.8) is 0 Å². The van der Waals surface area contributed by atoms with Gasteiger partial charge in [-0.1, -0.05) is 71.2 Å². The number of fused-ring (bicyclic) bond motifs is 1. The van der Waals surface area contributed by atoms with Crippen molar-refractivity contribution in [3.05, 3.63) is 104 Å². The Morgan fingerprint density at radius 1 is 0.921 bits per heavy atom. The standard InChI is InChI=1S/C29H19Cl3N2O3S/c1-2-37-29(36)26-21(16-7-10-18(30)11-8-16)15-38-28(26)34-27(35)20-14-25(17-9-12-22(31)23(32)13-17)33-24-6-4-3-5-19(20)24/h3-15H,2H2,1H3,(H,34,35). The van der Waals surface area contributed by atoms with Crippen molar-refractivity contribution in [3.8, 4) is 22.4 Å². The van der Waals surface area contributed by atoms with Gasteiger partial charge < -0.3 is 10.1 Å². The number of benzene rings is 3. The first kappa shape index (κ1) is 26.2. The molecule has 5 nitrogen and oxygen atoms in total. The van der Waals surface area contributed by atoms with E-state index >= 15 is 0 Å². The van der Waals surface area contributed by atoms with E-state index in [4.69, 9.17) is 44.5 Å². The smallest absolute Gasteiger partial charge is 0.341 e. The van der Waals surface area contributed by atoms with Gasteiger partial charge in [-0.05, 0) is 48.9 Å². The van der Waals surface area contributed by atoms with Crippen molar-refractivity contribution in [2.24, 2.45) is 0 Å². The van der Waals surface area contributed by atoms with Crippen LogP contribution in [0.5, 0.6) is 0 Å². The molecule has 1 N–H and O–H groups in total. The Labute approximate surface area is 238 Å². The lowest BCUT2D eigenvalue weighted by atomic mass is 10.0. The van der Waals surface area contributed by atoms with E-state index in [1.165, 1.54) is 11.3 Å². The number of carbonyl (C=O) groups excluding carboxylic acids is 2. The lowest BCUT2D eigenvalue weighted by Gasteiger charge is -2.12. The van der Waals surface area contributed by atoms with Crippen LogP contribution in [0.15, 0.2) is 78.2 Å². The van der Waals surface area contributed by atoms with E-state index in [1.807, 2.05) is 41.8 Å². The van der Waals surface area contributed by atoms with Gasteiger partial charge >= 0.3 is 5.97 Å². The molecule has 0 aliphatic rings. The molecule has 2 heterocycles. The number of nitrogens with zero attached hydrogens (tertiary/aromatic N) is 1. The van der Waals surface area contributed by atoms with Crippen LogP contribution in [0.3, 0.4) is 0 Å². The van der Waals surface area contributed by atoms with Gasteiger partial charge in [0.05, 0.1) is 33.4 Å². The zero-order chi connectivity index (χ0) is 26.8. The van der Waals surface area contributed by atoms with Gasteiger partial charge in [-0.3, -0.25) is 4.79 Å². The van der Waals surface area contributed by atoms with Crippen LogP contribution in [-0.4, -0.2) is 23.5 Å². The monoisotopic (exact) mass is 580 g/mol. The fourth-order valence-electron chi connectivity index (χ4n) is 4.03. The molecule has 38 heavy (non-hydrogen) atoms. The second-order valence-electron chi connectivity index (χ2n) is 8.24. The van der Waals surface area contributed by atoms with E-state index in [0.717, 1.165) is 5.56 Å². The molecule has 0 aliphatic carbocycles. The number of amides is 1. The number of nitrogens with one attached hydrogen (secondary N) is 1. The van der Waals surface area contributed by atoms with Crippen molar-refractivity contribution >= 4 is 73.9 Å². The fraction of sp³-hybridized carbons (Fsp3) is 0.0690. The van der Waals surface area contributed by atoms with E-state index in [1.54, 1.807) is 43.3 Å². The third kappa shape index (κ3) is 5.26. The number of rotatable bonds is 6. The van der Waals surface area contributed by atoms with Crippen molar-refractivity contribution in [2.75, 3.05) is 11.9 Å². The maximum absolute atomic E-state index is 13.7. The molecule has 0 unspecified atom stereocenters. The minimum absolute atomic E-state index is 0.199. The van der Waals surface area contributed by atoms with Crippen LogP contribution in [0.1, 0.15) is 27.6 Å². The Bertz CT molecular complexity index is 1680. The predicted molar refractivity (Wildman–Crippen MR) is 156 cm³/mol. The summed E-state index contributed by atoms with van der Waals surface area (Å²) in [5.74, 6) is -0.912. The first-order valence-electron chi connectivity index (χ1n) is 11.6. The molecular weight excluding hydrogens is 563 g/mol. The number of halogens is 3. The molecule has 0 fully saturated rings. The van der Waals surface area contributed by atoms with Crippen LogP contribution in [0.25, 0.3) is 33.3 Å². The molecule has 0 bridgehead atoms. The summed E-state index contributed by atoms with van der Waals surface area (Å²) in [4.78, 5) is 31.4. The molecule has 0 saturated heterocycles. The summed E-state index contributed by atoms with van der Waals surface area (Å²) in [6, 6.07) is 21.4. The summed E-state index contributed by atoms with van der Waals surface area (Å²) in [7, 11) is 0. The maximum Gasteiger partial charge on any atom is 0.341 e. The maximum atomic E-state index is 13.7. The Balaban J connectivity index is 1.58. The number of thiophene rings is 1. The third-order valence-electron chi connectivity index (χ3n) is 5.83. The Morgan fingerprint density at radius 2 is 1.66 bits per heavy atom. The largest absolute Gasteiger partial charge is 0.462 e. The first-order chi connectivity index (χ1) is 18.4. The number of anilines is 1. The molecular formula is C29H19Cl3N2O3S. The van der Waals surface area contributed by atoms with Gasteiger partial charge in [0.2, 0.25) is 0 Å². The van der Waals surface area contributed by atoms with Gasteiger partial charge in [-0.2, -0.15) is 0 Å². The number of pyridine rings is 1. The molecule has 190 valence electrons. The molecule has 0 saturated carbocycles. The molecule has 5 rings (SSSR count). The highest BCUT2D eigenvalue weighted by Gasteiger charge is 2.24. The Hall–Kier alpha value is -3.42. The minimum atomic E-state index is -0.523. The highest BCUT2D eigenvalue weighted by Crippen LogP contribution is 2.37. The average molecular weight is 582 g/mol. The minimum Gasteiger partial charge on any atom is -0.462 e. The second kappa shape index (κ2) is 11.1. The van der Waals surface area contributed by atoms with E-state index in [9.17, 15) is 9.59 Å². The van der Waals surface area contributed by atoms with Gasteiger partial charge in [0, 0.05) is 26.9 Å². The summed E-state index contributed by atoms with van der Waals surface area (Å²) in [6.45, 7) is 1.93. The van der Waals surface area contributed by atoms with Gasteiger partial charge in [-0.25, -0.2) is 9.78 Å². The normalized spacial score (nSPS) is 10.9. The van der Waals surface area contributed by atoms with Crippen molar-refractivity contribution in [2.45, 2.75) is 6.92 Å². The quantitative estimate of drug-likeness (QED) is 0.203. The zero-order valence-corrected chi connectivity index (χ0v) is 23.0. The lowest BCUT2D eigenvalue weighted by molar-refractivity contribution is 0.0529. The van der Waals surface area contributed by atoms with Gasteiger partial charge in [0.1, 0.15) is 10.6 Å². The first-order valence-corrected chi connectivity index (χ1v) is 13.6. The SMILES string of the molecule is CCOC(=O)c1c(-c2ccc(Cl)cc2)csc1NC(=O)c1cc(-c2ccc(Cl)c(Cl)c2)nc2ccccc12. The summed E-state index contributed by atoms with van der Waals surface area (Å²) < 4.78 is 5.33. The molecule has 1 amide bonds. The summed E-state index contributed by atoms with van der Waals surface area (Å²) in [5.41, 5.74) is 4.03. The molecule has 0 radical (unpaired) electrons. The zero-order valence-electron chi connectivity index (χ0n) is 19.9. The van der Waals surface area contributed by atoms with Crippen LogP contribution in [0.2, 0.25) is 15.1 Å². The molecule has 9 heteroatoms. The van der Waals surface area contributed by atoms with Crippen LogP contribution >= 0.6 is 46.1 Å². The van der Waals surface area contributed by atoms with E-state index < -0.39 is 5.97 Å². The Morgan fingerprint density at radius 3 is 2.39 bits per heavy atom. The molecule has 2 aromatic heterocycles. The average Bonchev–Trinajstić information content (AvgIpc) is 3.33. The predicted octanol–water partition coefficient (Wildman–Crippen LogP) is 9.02. The van der Waals surface area contributed by atoms with Gasteiger partial charge in [0.25, 0.3) is 5.91 Å². The van der Waals surface area contributed by atoms with Crippen molar-refractivity contribution in [1.82, 2.24) is 4.98 Å². The van der Waals surface area contributed by atoms with Crippen LogP contribution in [0, 0.1) is 0 Å². The summed E-state index contributed by atoms with van der Waals surface area (Å²) in [6.07, 6.45) is 0. The van der Waals surface area contributed by atoms with Crippen LogP contribution in [-0.2, 0) is 4.74 Å². The molecule has 5 aromatic rings. The summed E-state index contributed by atoms with van der Waals surface area (Å²) >= 11 is 19.6. The van der Waals surface area contributed by atoms with Crippen LogP contribution < -0.4 is 5.32 Å². The summed E-state index contributed by atoms with van der Waals surface area (Å²) in [5, 5.41) is 7.20. The second-order valence-corrected chi connectivity index (χ2v) is 10.4. The highest BCUT2D eigenvalue weighted by atomic mass is 35.5. The number of para-hydroxylation sites is 1. The van der Waals surface area contributed by atoms with E-state index in [-0.39, 0.29) is 18.1 Å². The van der Waals surface area contributed by atoms with Crippen molar-refractivity contribution < 1.29 is 14.3 Å². The van der Waals surface area contributed by atoms with Gasteiger partial charge in [-0.15, -0.1) is 11.3 Å². The number of ether oxygens (including phenoxy) is 1. The van der Waals surface area contributed by atoms with E-state index in [0.29, 0.717) is 53.4 Å². The highest BCUT2D eigenvalue weighted by molar-refractivity contribution is 7.15. The fourth-order valence-corrected chi connectivity index (χ4v) is 5.41. The number of hydrogen-bond donors (Lipinski definition) is 1. The molecule has 0 atom stereocenters. The van der Waals surface area contributed by atoms with Crippen LogP contribution in [0.4, 0.5) is 5.00 Å². The number of hydrogen-bond acceptors (Lipinski definition) is 5. The Kier molecular flexibility index (Phi) is 7.68. The number of carbonyl (C=O) groups is 2. The third-order valence-corrected chi connectivity index (χ3v) is 7.72. The van der Waals surface area contributed by atoms with E-state index in [2.05, 4.69) is 5.32 Å². The molecule has 0 spiro atoms. The van der Waals surface area contributed by atoms with Gasteiger partial charge in [0.15, 0.2) is 0 Å². The topological polar surface area (TPSA) is 68.3 Å². The molecule has 0 aliphatic heterocycles. The lowest BCUT2D eigenvalue weighted by Crippen LogP contribution is -2.15. The number of esters is 1. The molecule has 3 aromatic carbocycles. The number of aromatic nitrogens is 1. The van der Waals surface area contributed by atoms with Crippen molar-refractivity contribution in [1.29, 1.82) is 0 Å².